The molecule has 2 heterocycles. The maximum Gasteiger partial charge on any atom is 0.135 e. The Balaban J connectivity index is 1.44. The summed E-state index contributed by atoms with van der Waals surface area (Å²) in [5.74, 6) is 3.79. The quantitative estimate of drug-likeness (QED) is 0.665. The summed E-state index contributed by atoms with van der Waals surface area (Å²) in [4.78, 5) is 12.2. The fourth-order valence-corrected chi connectivity index (χ4v) is 4.53. The molecule has 1 saturated heterocycles. The van der Waals surface area contributed by atoms with Crippen molar-refractivity contribution in [1.29, 1.82) is 0 Å². The van der Waals surface area contributed by atoms with Crippen LogP contribution in [-0.2, 0) is 6.54 Å². The molecule has 2 aromatic carbocycles. The molecule has 0 amide bonds. The van der Waals surface area contributed by atoms with E-state index < -0.39 is 0 Å². The van der Waals surface area contributed by atoms with E-state index in [1.807, 2.05) is 6.07 Å². The first-order chi connectivity index (χ1) is 13.7. The summed E-state index contributed by atoms with van der Waals surface area (Å²) in [6.07, 6.45) is 1.20. The number of nitrogens with zero attached hydrogens (tertiary/aromatic N) is 3. The number of aromatic nitrogens is 2. The summed E-state index contributed by atoms with van der Waals surface area (Å²) < 4.78 is 0. The van der Waals surface area contributed by atoms with Gasteiger partial charge in [-0.15, -0.1) is 0 Å². The number of anilines is 2. The largest absolute Gasteiger partial charge is 0.366 e. The maximum atomic E-state index is 4.94. The Morgan fingerprint density at radius 3 is 2.54 bits per heavy atom. The highest BCUT2D eigenvalue weighted by atomic mass is 15.3. The predicted molar refractivity (Wildman–Crippen MR) is 114 cm³/mol. The first-order valence-electron chi connectivity index (χ1n) is 10.2. The first kappa shape index (κ1) is 17.2. The summed E-state index contributed by atoms with van der Waals surface area (Å²) in [6.45, 7) is 6.13. The normalized spacial score (nSPS) is 19.9. The Morgan fingerprint density at radius 2 is 1.75 bits per heavy atom. The molecule has 3 aromatic rings. The predicted octanol–water partition coefficient (Wildman–Crippen LogP) is 5.26. The molecule has 1 N–H and O–H groups in total. The molecule has 1 aliphatic heterocycles. The monoisotopic (exact) mass is 370 g/mol. The average Bonchev–Trinajstić information content (AvgIpc) is 3.33. The van der Waals surface area contributed by atoms with E-state index in [1.165, 1.54) is 23.1 Å². The summed E-state index contributed by atoms with van der Waals surface area (Å²) in [5.41, 5.74) is 4.26. The molecule has 2 atom stereocenters. The van der Waals surface area contributed by atoms with Gasteiger partial charge < -0.3 is 10.2 Å². The van der Waals surface area contributed by atoms with Crippen LogP contribution in [-0.4, -0.2) is 16.5 Å². The molecular formula is C24H26N4. The van der Waals surface area contributed by atoms with Gasteiger partial charge in [0, 0.05) is 31.0 Å². The second-order valence-corrected chi connectivity index (χ2v) is 8.19. The number of hydrogen-bond donors (Lipinski definition) is 1. The van der Waals surface area contributed by atoms with E-state index in [-0.39, 0.29) is 0 Å². The Bertz CT molecular complexity index is 983. The third kappa shape index (κ3) is 3.03. The fourth-order valence-electron chi connectivity index (χ4n) is 4.53. The molecule has 5 rings (SSSR count). The SMILES string of the molecule is CC(C)c1nc(NCc2ccccc2)cc(N2C[C@H]3C[C@H]2c2ccccc23)n1. The summed E-state index contributed by atoms with van der Waals surface area (Å²) in [7, 11) is 0. The molecule has 1 aromatic heterocycles. The van der Waals surface area contributed by atoms with Gasteiger partial charge in [-0.05, 0) is 23.1 Å². The number of hydrogen-bond acceptors (Lipinski definition) is 4. The van der Waals surface area contributed by atoms with Gasteiger partial charge in [-0.3, -0.25) is 0 Å². The van der Waals surface area contributed by atoms with Crippen molar-refractivity contribution in [1.82, 2.24) is 9.97 Å². The highest BCUT2D eigenvalue weighted by Gasteiger charge is 2.42. The fraction of sp³-hybridized carbons (Fsp3) is 0.333. The Kier molecular flexibility index (Phi) is 4.27. The number of benzene rings is 2. The van der Waals surface area contributed by atoms with Crippen LogP contribution in [0.25, 0.3) is 0 Å². The number of fused-ring (bicyclic) bond motifs is 5. The standard InChI is InChI=1S/C24H26N4/c1-16(2)24-26-22(25-14-17-8-4-3-5-9-17)13-23(27-24)28-15-18-12-21(28)20-11-7-6-10-19(18)20/h3-11,13,16,18,21H,12,14-15H2,1-2H3,(H,25,26,27)/t18-,21+/m1/s1. The molecule has 2 bridgehead atoms. The molecule has 1 fully saturated rings. The van der Waals surface area contributed by atoms with Crippen molar-refractivity contribution < 1.29 is 0 Å². The van der Waals surface area contributed by atoms with Crippen LogP contribution >= 0.6 is 0 Å². The number of nitrogens with one attached hydrogen (secondary N) is 1. The zero-order valence-electron chi connectivity index (χ0n) is 16.5. The second kappa shape index (κ2) is 6.93. The van der Waals surface area contributed by atoms with E-state index in [0.29, 0.717) is 17.9 Å². The van der Waals surface area contributed by atoms with Gasteiger partial charge in [0.2, 0.25) is 0 Å². The maximum absolute atomic E-state index is 4.94. The zero-order valence-corrected chi connectivity index (χ0v) is 16.5. The van der Waals surface area contributed by atoms with Crippen LogP contribution in [0, 0.1) is 0 Å². The zero-order chi connectivity index (χ0) is 19.1. The van der Waals surface area contributed by atoms with E-state index in [0.717, 1.165) is 30.5 Å². The summed E-state index contributed by atoms with van der Waals surface area (Å²) >= 11 is 0. The van der Waals surface area contributed by atoms with Crippen molar-refractivity contribution in [2.75, 3.05) is 16.8 Å². The number of rotatable bonds is 5. The van der Waals surface area contributed by atoms with E-state index in [9.17, 15) is 0 Å². The minimum atomic E-state index is 0.296. The third-order valence-corrected chi connectivity index (χ3v) is 5.95. The molecule has 1 aliphatic carbocycles. The van der Waals surface area contributed by atoms with E-state index >= 15 is 0 Å². The summed E-state index contributed by atoms with van der Waals surface area (Å²) in [6, 6.07) is 21.9. The lowest BCUT2D eigenvalue weighted by molar-refractivity contribution is 0.709. The van der Waals surface area contributed by atoms with Crippen LogP contribution in [0.2, 0.25) is 0 Å². The molecule has 2 aliphatic rings. The van der Waals surface area contributed by atoms with Crippen molar-refractivity contribution in [2.24, 2.45) is 0 Å². The molecule has 0 saturated carbocycles. The Morgan fingerprint density at radius 1 is 1.00 bits per heavy atom. The lowest BCUT2D eigenvalue weighted by atomic mass is 9.99. The minimum Gasteiger partial charge on any atom is -0.366 e. The molecular weight excluding hydrogens is 344 g/mol. The van der Waals surface area contributed by atoms with Crippen LogP contribution in [0.5, 0.6) is 0 Å². The van der Waals surface area contributed by atoms with Crippen molar-refractivity contribution in [2.45, 2.75) is 44.7 Å². The molecule has 4 heteroatoms. The van der Waals surface area contributed by atoms with Crippen LogP contribution < -0.4 is 10.2 Å². The van der Waals surface area contributed by atoms with Crippen molar-refractivity contribution in [3.05, 3.63) is 83.2 Å². The molecule has 142 valence electrons. The van der Waals surface area contributed by atoms with Crippen LogP contribution in [0.3, 0.4) is 0 Å². The Labute approximate surface area is 166 Å². The van der Waals surface area contributed by atoms with Gasteiger partial charge in [-0.1, -0.05) is 68.4 Å². The first-order valence-corrected chi connectivity index (χ1v) is 10.2. The lowest BCUT2D eigenvalue weighted by Gasteiger charge is -2.30. The van der Waals surface area contributed by atoms with Gasteiger partial charge in [-0.25, -0.2) is 9.97 Å². The molecule has 0 spiro atoms. The van der Waals surface area contributed by atoms with Crippen LogP contribution in [0.1, 0.15) is 60.7 Å². The van der Waals surface area contributed by atoms with Gasteiger partial charge in [-0.2, -0.15) is 0 Å². The highest BCUT2D eigenvalue weighted by Crippen LogP contribution is 2.51. The van der Waals surface area contributed by atoms with Gasteiger partial charge >= 0.3 is 0 Å². The highest BCUT2D eigenvalue weighted by molar-refractivity contribution is 5.57. The van der Waals surface area contributed by atoms with Gasteiger partial charge in [0.25, 0.3) is 0 Å². The Hall–Kier alpha value is -2.88. The second-order valence-electron chi connectivity index (χ2n) is 8.19. The van der Waals surface area contributed by atoms with Gasteiger partial charge in [0.05, 0.1) is 6.04 Å². The molecule has 0 unspecified atom stereocenters. The van der Waals surface area contributed by atoms with Gasteiger partial charge in [0.1, 0.15) is 17.5 Å². The smallest absolute Gasteiger partial charge is 0.135 e. The van der Waals surface area contributed by atoms with Crippen LogP contribution in [0.15, 0.2) is 60.7 Å². The van der Waals surface area contributed by atoms with Gasteiger partial charge in [0.15, 0.2) is 0 Å². The van der Waals surface area contributed by atoms with Crippen molar-refractivity contribution in [3.63, 3.8) is 0 Å². The van der Waals surface area contributed by atoms with Crippen LogP contribution in [0.4, 0.5) is 11.6 Å². The molecule has 28 heavy (non-hydrogen) atoms. The van der Waals surface area contributed by atoms with E-state index in [1.54, 1.807) is 0 Å². The topological polar surface area (TPSA) is 41.1 Å². The summed E-state index contributed by atoms with van der Waals surface area (Å²) in [5, 5.41) is 3.51. The lowest BCUT2D eigenvalue weighted by Crippen LogP contribution is -2.28. The third-order valence-electron chi connectivity index (χ3n) is 5.95. The van der Waals surface area contributed by atoms with E-state index in [2.05, 4.69) is 78.7 Å². The van der Waals surface area contributed by atoms with Crippen molar-refractivity contribution >= 4 is 11.6 Å². The molecule has 4 nitrogen and oxygen atoms in total. The average molecular weight is 371 g/mol. The van der Waals surface area contributed by atoms with E-state index in [4.69, 9.17) is 9.97 Å². The molecule has 0 radical (unpaired) electrons. The minimum absolute atomic E-state index is 0.296. The van der Waals surface area contributed by atoms with Crippen molar-refractivity contribution in [3.8, 4) is 0 Å².